The van der Waals surface area contributed by atoms with Gasteiger partial charge in [-0.15, -0.1) is 0 Å². The van der Waals surface area contributed by atoms with Crippen LogP contribution in [0.1, 0.15) is 162 Å². The molecule has 7 rings (SSSR count). The van der Waals surface area contributed by atoms with E-state index in [0.717, 1.165) is 75.5 Å². The van der Waals surface area contributed by atoms with Gasteiger partial charge in [0.25, 0.3) is 0 Å². The first-order chi connectivity index (χ1) is 28.3. The number of hydrogen-bond acceptors (Lipinski definition) is 4. The molecule has 7 nitrogen and oxygen atoms in total. The van der Waals surface area contributed by atoms with Crippen LogP contribution in [0.5, 0.6) is 23.0 Å². The Labute approximate surface area is 357 Å². The first-order valence-electron chi connectivity index (χ1n) is 23.5. The van der Waals surface area contributed by atoms with Crippen LogP contribution >= 0.6 is 0 Å². The number of ether oxygens (including phenoxy) is 4. The minimum atomic E-state index is -1.08. The zero-order chi connectivity index (χ0) is 42.0. The van der Waals surface area contributed by atoms with Crippen molar-refractivity contribution in [2.75, 3.05) is 39.4 Å². The lowest BCUT2D eigenvalue weighted by atomic mass is 9.79. The highest BCUT2D eigenvalue weighted by molar-refractivity contribution is 5.87. The molecule has 0 aromatic heterocycles. The van der Waals surface area contributed by atoms with Crippen molar-refractivity contribution in [3.63, 3.8) is 0 Å². The Morgan fingerprint density at radius 1 is 0.661 bits per heavy atom. The molecule has 1 aliphatic carbocycles. The minimum absolute atomic E-state index is 0.0149. The number of hydrogen-bond donors (Lipinski definition) is 0. The normalized spacial score (nSPS) is 20.8. The fourth-order valence-electron chi connectivity index (χ4n) is 9.95. The fourth-order valence-corrected chi connectivity index (χ4v) is 9.95. The van der Waals surface area contributed by atoms with Gasteiger partial charge in [0.1, 0.15) is 24.7 Å². The zero-order valence-electron chi connectivity index (χ0n) is 38.4. The molecule has 2 fully saturated rings. The monoisotopic (exact) mass is 807 g/mol. The Hall–Kier alpha value is -3.84. The van der Waals surface area contributed by atoms with Crippen LogP contribution in [0.4, 0.5) is 0 Å². The largest absolute Gasteiger partial charge is 0.704 e. The molecule has 59 heavy (non-hydrogen) atoms. The summed E-state index contributed by atoms with van der Waals surface area (Å²) in [4.78, 5) is 0. The van der Waals surface area contributed by atoms with Crippen molar-refractivity contribution in [1.29, 1.82) is 0 Å². The zero-order valence-corrected chi connectivity index (χ0v) is 38.4. The molecule has 0 radical (unpaired) electrons. The van der Waals surface area contributed by atoms with Crippen LogP contribution in [0.25, 0.3) is 11.1 Å². The van der Waals surface area contributed by atoms with E-state index in [4.69, 9.17) is 18.9 Å². The van der Waals surface area contributed by atoms with Gasteiger partial charge in [-0.25, -0.2) is 0 Å². The van der Waals surface area contributed by atoms with Crippen molar-refractivity contribution in [2.45, 2.75) is 169 Å². The summed E-state index contributed by atoms with van der Waals surface area (Å²) >= 11 is 0. The Kier molecular flexibility index (Phi) is 12.9. The minimum Gasteiger partial charge on any atom is -0.493 e. The molecule has 1 spiro atoms. The molecule has 0 bridgehead atoms. The van der Waals surface area contributed by atoms with Crippen molar-refractivity contribution >= 4 is 12.4 Å². The predicted octanol–water partition coefficient (Wildman–Crippen LogP) is 11.6. The summed E-state index contributed by atoms with van der Waals surface area (Å²) in [5.41, 5.74) is 6.75. The molecular weight excluding hydrogens is 731 g/mol. The van der Waals surface area contributed by atoms with Crippen molar-refractivity contribution in [3.05, 3.63) is 70.8 Å². The molecule has 0 amide bonds. The number of quaternary nitrogens is 1. The van der Waals surface area contributed by atoms with Crippen LogP contribution in [0, 0.1) is 0 Å². The van der Waals surface area contributed by atoms with E-state index in [9.17, 15) is 0 Å². The molecule has 1 saturated heterocycles. The molecule has 3 aromatic carbocycles. The second-order valence-corrected chi connectivity index (χ2v) is 20.1. The first kappa shape index (κ1) is 43.3. The van der Waals surface area contributed by atoms with Gasteiger partial charge in [0, 0.05) is 18.4 Å². The number of benzene rings is 3. The van der Waals surface area contributed by atoms with Gasteiger partial charge in [-0.2, -0.15) is 0 Å². The lowest BCUT2D eigenvalue weighted by Crippen LogP contribution is -2.60. The Balaban J connectivity index is 1.27. The molecule has 320 valence electrons. The fraction of sp³-hybridized carbons (Fsp3) is 0.615. The van der Waals surface area contributed by atoms with Gasteiger partial charge in [-0.3, -0.25) is 0 Å². The molecule has 7 heteroatoms. The van der Waals surface area contributed by atoms with Crippen LogP contribution in [0.2, 0.25) is 0 Å². The lowest BCUT2D eigenvalue weighted by Gasteiger charge is -2.39. The Morgan fingerprint density at radius 3 is 1.81 bits per heavy atom. The lowest BCUT2D eigenvalue weighted by molar-refractivity contribution is -0.928. The quantitative estimate of drug-likeness (QED) is 0.101. The molecule has 4 aliphatic rings. The number of unbranched alkanes of at least 4 members (excludes halogenated alkanes) is 3. The van der Waals surface area contributed by atoms with Gasteiger partial charge >= 0.3 is 6.03 Å². The average Bonchev–Trinajstić information content (AvgIpc) is 3.48. The molecule has 3 heterocycles. The molecule has 3 aliphatic heterocycles. The number of nitrogens with zero attached hydrogens (tertiary/aromatic N) is 3. The predicted molar refractivity (Wildman–Crippen MR) is 242 cm³/mol. The third-order valence-corrected chi connectivity index (χ3v) is 13.4. The maximum Gasteiger partial charge on any atom is 0.704 e. The van der Waals surface area contributed by atoms with Gasteiger partial charge in [-0.05, 0) is 90.8 Å². The van der Waals surface area contributed by atoms with E-state index in [1.165, 1.54) is 82.1 Å². The second kappa shape index (κ2) is 17.6. The van der Waals surface area contributed by atoms with Crippen molar-refractivity contribution in [1.82, 2.24) is 0 Å². The van der Waals surface area contributed by atoms with Crippen LogP contribution in [0.3, 0.4) is 0 Å². The standard InChI is InChI=1S/C52H76N3O4/c1-11-15-27-55(28-16-12-2,29-17-13-3)30-32-57-47-24-20-23-46(56-31-14-4)48(47)38-25-26-45-39(33-38)36-53-43-21-18-19-22-44(43)54-37-40-34-41(50(5,6)7)35-42(51(8,9)10)49(40)59-52(53,54)58-45/h20,23-26,33-37,43-44H,11-19,21-22,27-32H2,1-10H3/q+3. The smallest absolute Gasteiger partial charge is 0.493 e. The Morgan fingerprint density at radius 2 is 1.25 bits per heavy atom. The number of fused-ring (bicyclic) bond motifs is 5. The molecule has 3 unspecified atom stereocenters. The van der Waals surface area contributed by atoms with Gasteiger partial charge in [-0.1, -0.05) is 116 Å². The van der Waals surface area contributed by atoms with E-state index in [2.05, 4.69) is 139 Å². The van der Waals surface area contributed by atoms with Gasteiger partial charge < -0.3 is 23.4 Å². The second-order valence-electron chi connectivity index (χ2n) is 20.1. The highest BCUT2D eigenvalue weighted by atomic mass is 16.7. The van der Waals surface area contributed by atoms with E-state index in [1.54, 1.807) is 0 Å². The highest BCUT2D eigenvalue weighted by Gasteiger charge is 2.76. The van der Waals surface area contributed by atoms with Crippen LogP contribution in [0.15, 0.2) is 48.5 Å². The molecule has 3 aromatic rings. The number of rotatable bonds is 17. The summed E-state index contributed by atoms with van der Waals surface area (Å²) in [5, 5.41) is 0. The van der Waals surface area contributed by atoms with Crippen LogP contribution in [-0.4, -0.2) is 83.6 Å². The summed E-state index contributed by atoms with van der Waals surface area (Å²) in [6, 6.07) is 17.1. The topological polar surface area (TPSA) is 42.9 Å². The van der Waals surface area contributed by atoms with Gasteiger partial charge in [0.2, 0.25) is 12.1 Å². The summed E-state index contributed by atoms with van der Waals surface area (Å²) in [7, 11) is 0. The Bertz CT molecular complexity index is 2000. The average molecular weight is 807 g/mol. The van der Waals surface area contributed by atoms with Gasteiger partial charge in [0.05, 0.1) is 42.9 Å². The van der Waals surface area contributed by atoms with Crippen LogP contribution in [-0.2, 0) is 10.8 Å². The van der Waals surface area contributed by atoms with Crippen LogP contribution < -0.4 is 18.9 Å². The maximum atomic E-state index is 7.39. The molecule has 1 saturated carbocycles. The molecule has 3 atom stereocenters. The van der Waals surface area contributed by atoms with Crippen molar-refractivity contribution in [2.24, 2.45) is 0 Å². The van der Waals surface area contributed by atoms with E-state index in [1.807, 2.05) is 0 Å². The first-order valence-corrected chi connectivity index (χ1v) is 23.5. The van der Waals surface area contributed by atoms with Crippen molar-refractivity contribution in [3.8, 4) is 34.1 Å². The highest BCUT2D eigenvalue weighted by Crippen LogP contribution is 2.49. The summed E-state index contributed by atoms with van der Waals surface area (Å²) in [6.45, 7) is 28.9. The van der Waals surface area contributed by atoms with Crippen molar-refractivity contribution < 1.29 is 32.6 Å². The summed E-state index contributed by atoms with van der Waals surface area (Å²) in [5.74, 6) is 3.52. The SMILES string of the molecule is CCCC[N+](CCCC)(CCCC)CCOc1cccc(OCCC)c1-c1ccc2c(c1)C=[N+]1C3CCCCC3[N+]3=Cc4cc(C(C)(C)C)cc(C(C)(C)C)c4OC13O2. The van der Waals surface area contributed by atoms with Gasteiger partial charge in [0.15, 0.2) is 23.9 Å². The third-order valence-electron chi connectivity index (χ3n) is 13.4. The van der Waals surface area contributed by atoms with E-state index >= 15 is 0 Å². The molecular formula is C52H76N3O4+3. The van der Waals surface area contributed by atoms with E-state index < -0.39 is 6.03 Å². The third kappa shape index (κ3) is 8.70. The molecule has 0 N–H and O–H groups in total. The maximum absolute atomic E-state index is 7.39. The van der Waals surface area contributed by atoms with E-state index in [-0.39, 0.29) is 16.9 Å². The summed E-state index contributed by atoms with van der Waals surface area (Å²) in [6.07, 6.45) is 17.7. The van der Waals surface area contributed by atoms with E-state index in [0.29, 0.717) is 19.3 Å². The summed E-state index contributed by atoms with van der Waals surface area (Å²) < 4.78 is 34.0.